The molecule has 0 atom stereocenters. The molecule has 0 spiro atoms. The third-order valence-corrected chi connectivity index (χ3v) is 3.68. The number of carbonyl (C=O) groups excluding carboxylic acids is 1. The Morgan fingerprint density at radius 2 is 1.82 bits per heavy atom. The van der Waals surface area contributed by atoms with E-state index < -0.39 is 0 Å². The van der Waals surface area contributed by atoms with E-state index in [1.807, 2.05) is 30.3 Å². The molecular weight excluding hydrogens is 342 g/mol. The van der Waals surface area contributed by atoms with E-state index in [0.29, 0.717) is 11.6 Å². The summed E-state index contributed by atoms with van der Waals surface area (Å²) in [6.45, 7) is 5.29. The number of rotatable bonds is 6. The number of amides is 1. The lowest BCUT2D eigenvalue weighted by Crippen LogP contribution is -2.14. The quantitative estimate of drug-likeness (QED) is 0.792. The fourth-order valence-electron chi connectivity index (χ4n) is 1.87. The maximum Gasteiger partial charge on any atom is 0.274 e. The molecule has 4 nitrogen and oxygen atoms in total. The number of carbonyl (C=O) groups is 1. The van der Waals surface area contributed by atoms with Crippen LogP contribution in [0.5, 0.6) is 0 Å². The summed E-state index contributed by atoms with van der Waals surface area (Å²) in [7, 11) is 0. The molecule has 2 rings (SSSR count). The zero-order valence-electron chi connectivity index (χ0n) is 12.8. The number of anilines is 2. The van der Waals surface area contributed by atoms with Crippen LogP contribution in [0.3, 0.4) is 0 Å². The van der Waals surface area contributed by atoms with Crippen LogP contribution in [0.2, 0.25) is 0 Å². The molecule has 0 bridgehead atoms. The average molecular weight is 362 g/mol. The van der Waals surface area contributed by atoms with Crippen LogP contribution >= 0.6 is 15.9 Å². The Labute approximate surface area is 139 Å². The van der Waals surface area contributed by atoms with Gasteiger partial charge in [0.1, 0.15) is 5.69 Å². The minimum absolute atomic E-state index is 0.212. The molecule has 0 saturated heterocycles. The third-order valence-electron chi connectivity index (χ3n) is 3.15. The van der Waals surface area contributed by atoms with Gasteiger partial charge in [-0.05, 0) is 48.7 Å². The first-order valence-electron chi connectivity index (χ1n) is 7.31. The van der Waals surface area contributed by atoms with E-state index in [0.717, 1.165) is 28.8 Å². The number of halogens is 1. The van der Waals surface area contributed by atoms with Crippen LogP contribution in [0.1, 0.15) is 30.8 Å². The first-order valence-corrected chi connectivity index (χ1v) is 8.11. The molecule has 0 fully saturated rings. The number of hydrogen-bond acceptors (Lipinski definition) is 3. The highest BCUT2D eigenvalue weighted by molar-refractivity contribution is 9.10. The van der Waals surface area contributed by atoms with Gasteiger partial charge in [-0.25, -0.2) is 4.98 Å². The number of hydrogen-bond donors (Lipinski definition) is 2. The standard InChI is InChI=1S/C17H20BrN3O/c1-12(2)9-10-19-15-7-8-16(20-11-15)17(22)21-14-5-3-13(18)4-6-14/h3-8,11-12,19H,9-10H2,1-2H3,(H,21,22). The normalized spacial score (nSPS) is 10.5. The summed E-state index contributed by atoms with van der Waals surface area (Å²) in [5, 5.41) is 6.12. The van der Waals surface area contributed by atoms with E-state index >= 15 is 0 Å². The lowest BCUT2D eigenvalue weighted by molar-refractivity contribution is 0.102. The number of nitrogens with zero attached hydrogens (tertiary/aromatic N) is 1. The Morgan fingerprint density at radius 1 is 1.14 bits per heavy atom. The Hall–Kier alpha value is -1.88. The fraction of sp³-hybridized carbons (Fsp3) is 0.294. The van der Waals surface area contributed by atoms with Crippen molar-refractivity contribution in [3.05, 3.63) is 52.8 Å². The maximum absolute atomic E-state index is 12.1. The molecule has 0 radical (unpaired) electrons. The van der Waals surface area contributed by atoms with Gasteiger partial charge in [-0.15, -0.1) is 0 Å². The summed E-state index contributed by atoms with van der Waals surface area (Å²) < 4.78 is 0.973. The topological polar surface area (TPSA) is 54.0 Å². The second kappa shape index (κ2) is 7.94. The van der Waals surface area contributed by atoms with Crippen molar-refractivity contribution < 1.29 is 4.79 Å². The van der Waals surface area contributed by atoms with Crippen molar-refractivity contribution >= 4 is 33.2 Å². The molecule has 116 valence electrons. The molecule has 22 heavy (non-hydrogen) atoms. The van der Waals surface area contributed by atoms with E-state index in [1.54, 1.807) is 12.3 Å². The summed E-state index contributed by atoms with van der Waals surface area (Å²) in [4.78, 5) is 16.3. The van der Waals surface area contributed by atoms with Crippen molar-refractivity contribution in [3.8, 4) is 0 Å². The van der Waals surface area contributed by atoms with Gasteiger partial charge in [-0.1, -0.05) is 29.8 Å². The largest absolute Gasteiger partial charge is 0.384 e. The van der Waals surface area contributed by atoms with Crippen molar-refractivity contribution in [2.75, 3.05) is 17.2 Å². The van der Waals surface area contributed by atoms with Crippen molar-refractivity contribution in [3.63, 3.8) is 0 Å². The van der Waals surface area contributed by atoms with E-state index in [4.69, 9.17) is 0 Å². The van der Waals surface area contributed by atoms with Gasteiger partial charge in [0.15, 0.2) is 0 Å². The fourth-order valence-corrected chi connectivity index (χ4v) is 2.13. The predicted molar refractivity (Wildman–Crippen MR) is 94.3 cm³/mol. The molecule has 0 saturated carbocycles. The van der Waals surface area contributed by atoms with Crippen molar-refractivity contribution in [2.24, 2.45) is 5.92 Å². The summed E-state index contributed by atoms with van der Waals surface area (Å²) in [5.74, 6) is 0.451. The number of aromatic nitrogens is 1. The van der Waals surface area contributed by atoms with Crippen LogP contribution in [0.25, 0.3) is 0 Å². The summed E-state index contributed by atoms with van der Waals surface area (Å²) in [5.41, 5.74) is 2.08. The highest BCUT2D eigenvalue weighted by Gasteiger charge is 2.07. The third kappa shape index (κ3) is 5.15. The highest BCUT2D eigenvalue weighted by atomic mass is 79.9. The minimum atomic E-state index is -0.212. The van der Waals surface area contributed by atoms with Crippen LogP contribution in [0.4, 0.5) is 11.4 Å². The predicted octanol–water partition coefficient (Wildman–Crippen LogP) is 4.55. The second-order valence-corrected chi connectivity index (χ2v) is 6.42. The Kier molecular flexibility index (Phi) is 5.95. The summed E-state index contributed by atoms with van der Waals surface area (Å²) in [6, 6.07) is 11.0. The molecule has 1 aromatic carbocycles. The molecular formula is C17H20BrN3O. The molecule has 0 unspecified atom stereocenters. The molecule has 2 aromatic rings. The van der Waals surface area contributed by atoms with Gasteiger partial charge in [-0.3, -0.25) is 4.79 Å². The van der Waals surface area contributed by atoms with Crippen molar-refractivity contribution in [2.45, 2.75) is 20.3 Å². The van der Waals surface area contributed by atoms with Gasteiger partial charge in [0, 0.05) is 16.7 Å². The van der Waals surface area contributed by atoms with Gasteiger partial charge < -0.3 is 10.6 Å². The first-order chi connectivity index (χ1) is 10.5. The highest BCUT2D eigenvalue weighted by Crippen LogP contribution is 2.15. The van der Waals surface area contributed by atoms with E-state index in [2.05, 4.69) is 45.4 Å². The van der Waals surface area contributed by atoms with Crippen LogP contribution in [-0.4, -0.2) is 17.4 Å². The minimum Gasteiger partial charge on any atom is -0.384 e. The Morgan fingerprint density at radius 3 is 2.41 bits per heavy atom. The Bertz CT molecular complexity index is 609. The molecule has 0 aliphatic heterocycles. The molecule has 2 N–H and O–H groups in total. The van der Waals surface area contributed by atoms with Gasteiger partial charge in [0.25, 0.3) is 5.91 Å². The van der Waals surface area contributed by atoms with Crippen LogP contribution < -0.4 is 10.6 Å². The zero-order chi connectivity index (χ0) is 15.9. The van der Waals surface area contributed by atoms with Crippen LogP contribution in [0.15, 0.2) is 47.1 Å². The first kappa shape index (κ1) is 16.5. The van der Waals surface area contributed by atoms with E-state index in [9.17, 15) is 4.79 Å². The molecule has 1 heterocycles. The van der Waals surface area contributed by atoms with E-state index in [1.165, 1.54) is 0 Å². The molecule has 0 aliphatic rings. The van der Waals surface area contributed by atoms with Gasteiger partial charge in [-0.2, -0.15) is 0 Å². The van der Waals surface area contributed by atoms with Crippen molar-refractivity contribution in [1.82, 2.24) is 4.98 Å². The molecule has 0 aliphatic carbocycles. The number of nitrogens with one attached hydrogen (secondary N) is 2. The van der Waals surface area contributed by atoms with Crippen LogP contribution in [0, 0.1) is 5.92 Å². The van der Waals surface area contributed by atoms with Gasteiger partial charge >= 0.3 is 0 Å². The Balaban J connectivity index is 1.91. The SMILES string of the molecule is CC(C)CCNc1ccc(C(=O)Nc2ccc(Br)cc2)nc1. The number of pyridine rings is 1. The molecule has 1 amide bonds. The molecule has 5 heteroatoms. The summed E-state index contributed by atoms with van der Waals surface area (Å²) >= 11 is 3.36. The van der Waals surface area contributed by atoms with E-state index in [-0.39, 0.29) is 5.91 Å². The zero-order valence-corrected chi connectivity index (χ0v) is 14.4. The van der Waals surface area contributed by atoms with Crippen molar-refractivity contribution in [1.29, 1.82) is 0 Å². The smallest absolute Gasteiger partial charge is 0.274 e. The second-order valence-electron chi connectivity index (χ2n) is 5.50. The van der Waals surface area contributed by atoms with Gasteiger partial charge in [0.05, 0.1) is 11.9 Å². The maximum atomic E-state index is 12.1. The van der Waals surface area contributed by atoms with Gasteiger partial charge in [0.2, 0.25) is 0 Å². The average Bonchev–Trinajstić information content (AvgIpc) is 2.50. The lowest BCUT2D eigenvalue weighted by atomic mass is 10.1. The summed E-state index contributed by atoms with van der Waals surface area (Å²) in [6.07, 6.45) is 2.79. The lowest BCUT2D eigenvalue weighted by Gasteiger charge is -2.09. The van der Waals surface area contributed by atoms with Crippen LogP contribution in [-0.2, 0) is 0 Å². The number of benzene rings is 1. The molecule has 1 aromatic heterocycles. The monoisotopic (exact) mass is 361 g/mol.